The number of pyridine rings is 1. The average molecular weight is 423 g/mol. The third kappa shape index (κ3) is 4.64. The van der Waals surface area contributed by atoms with Crippen LogP contribution in [0, 0.1) is 17.1 Å². The van der Waals surface area contributed by atoms with Crippen molar-refractivity contribution in [2.45, 2.75) is 17.0 Å². The smallest absolute Gasteiger partial charge is 0.240 e. The number of nitriles is 1. The maximum Gasteiger partial charge on any atom is 0.417 e. The van der Waals surface area contributed by atoms with Crippen molar-refractivity contribution in [1.29, 1.82) is 5.26 Å². The SMILES string of the molecule is N#Cc1c(C(F)(F)F)cc(-c2ccc(Cl)cc2)nc1SCc1ccc(F)cc1. The first-order valence-corrected chi connectivity index (χ1v) is 9.30. The molecule has 0 fully saturated rings. The molecule has 3 aromatic rings. The van der Waals surface area contributed by atoms with E-state index in [-0.39, 0.29) is 16.5 Å². The molecule has 2 nitrogen and oxygen atoms in total. The van der Waals surface area contributed by atoms with E-state index in [1.165, 1.54) is 24.3 Å². The fraction of sp³-hybridized carbons (Fsp3) is 0.100. The van der Waals surface area contributed by atoms with Crippen molar-refractivity contribution >= 4 is 23.4 Å². The molecule has 0 unspecified atom stereocenters. The van der Waals surface area contributed by atoms with Crippen LogP contribution in [0.15, 0.2) is 59.6 Å². The standard InChI is InChI=1S/C20H11ClF4N2S/c21-14-5-3-13(4-6-14)18-9-17(20(23,24)25)16(10-26)19(27-18)28-11-12-1-7-15(22)8-2-12/h1-9H,11H2. The number of alkyl halides is 3. The summed E-state index contributed by atoms with van der Waals surface area (Å²) in [7, 11) is 0. The second-order valence-electron chi connectivity index (χ2n) is 5.77. The van der Waals surface area contributed by atoms with Crippen LogP contribution in [0.3, 0.4) is 0 Å². The number of benzene rings is 2. The number of aromatic nitrogens is 1. The fourth-order valence-electron chi connectivity index (χ4n) is 2.46. The molecule has 0 spiro atoms. The molecule has 0 aliphatic rings. The molecule has 0 saturated heterocycles. The zero-order valence-electron chi connectivity index (χ0n) is 14.1. The summed E-state index contributed by atoms with van der Waals surface area (Å²) in [4.78, 5) is 4.27. The molecule has 28 heavy (non-hydrogen) atoms. The van der Waals surface area contributed by atoms with Crippen molar-refractivity contribution in [3.63, 3.8) is 0 Å². The van der Waals surface area contributed by atoms with Crippen LogP contribution in [0.4, 0.5) is 17.6 Å². The van der Waals surface area contributed by atoms with Crippen molar-refractivity contribution in [3.05, 3.63) is 82.1 Å². The molecular formula is C20H11ClF4N2S. The van der Waals surface area contributed by atoms with E-state index in [0.29, 0.717) is 16.1 Å². The highest BCUT2D eigenvalue weighted by Gasteiger charge is 2.36. The lowest BCUT2D eigenvalue weighted by Gasteiger charge is -2.14. The molecule has 0 atom stereocenters. The van der Waals surface area contributed by atoms with Crippen molar-refractivity contribution in [2.75, 3.05) is 0 Å². The van der Waals surface area contributed by atoms with Gasteiger partial charge in [-0.2, -0.15) is 18.4 Å². The summed E-state index contributed by atoms with van der Waals surface area (Å²) in [5.41, 5.74) is -0.343. The maximum atomic E-state index is 13.5. The van der Waals surface area contributed by atoms with Crippen LogP contribution in [-0.2, 0) is 11.9 Å². The Kier molecular flexibility index (Phi) is 5.92. The Morgan fingerprint density at radius 2 is 1.68 bits per heavy atom. The van der Waals surface area contributed by atoms with Gasteiger partial charge < -0.3 is 0 Å². The molecule has 8 heteroatoms. The minimum absolute atomic E-state index is 0.0356. The first kappa shape index (κ1) is 20.2. The predicted octanol–water partition coefficient (Wildman–Crippen LogP) is 6.72. The van der Waals surface area contributed by atoms with Gasteiger partial charge in [0.05, 0.1) is 16.8 Å². The van der Waals surface area contributed by atoms with Crippen LogP contribution in [0.25, 0.3) is 11.3 Å². The van der Waals surface area contributed by atoms with Crippen LogP contribution in [0.2, 0.25) is 5.02 Å². The maximum absolute atomic E-state index is 13.5. The van der Waals surface area contributed by atoms with Crippen molar-refractivity contribution in [2.24, 2.45) is 0 Å². The van der Waals surface area contributed by atoms with Gasteiger partial charge in [0.15, 0.2) is 0 Å². The Morgan fingerprint density at radius 3 is 2.25 bits per heavy atom. The molecule has 0 radical (unpaired) electrons. The second kappa shape index (κ2) is 8.21. The van der Waals surface area contributed by atoms with E-state index >= 15 is 0 Å². The summed E-state index contributed by atoms with van der Waals surface area (Å²) in [5.74, 6) is -0.169. The van der Waals surface area contributed by atoms with Crippen molar-refractivity contribution in [3.8, 4) is 17.3 Å². The van der Waals surface area contributed by atoms with Gasteiger partial charge in [0.25, 0.3) is 0 Å². The van der Waals surface area contributed by atoms with Gasteiger partial charge in [-0.15, -0.1) is 11.8 Å². The highest BCUT2D eigenvalue weighted by molar-refractivity contribution is 7.98. The van der Waals surface area contributed by atoms with E-state index in [2.05, 4.69) is 4.98 Å². The van der Waals surface area contributed by atoms with Crippen LogP contribution in [0.5, 0.6) is 0 Å². The molecule has 3 rings (SSSR count). The zero-order chi connectivity index (χ0) is 20.3. The molecule has 0 amide bonds. The minimum Gasteiger partial charge on any atom is -0.240 e. The highest BCUT2D eigenvalue weighted by Crippen LogP contribution is 2.38. The number of hydrogen-bond acceptors (Lipinski definition) is 3. The van der Waals surface area contributed by atoms with E-state index < -0.39 is 23.1 Å². The second-order valence-corrected chi connectivity index (χ2v) is 7.17. The number of thioether (sulfide) groups is 1. The fourth-order valence-corrected chi connectivity index (χ4v) is 3.54. The van der Waals surface area contributed by atoms with Crippen LogP contribution < -0.4 is 0 Å². The molecular weight excluding hydrogens is 412 g/mol. The largest absolute Gasteiger partial charge is 0.417 e. The lowest BCUT2D eigenvalue weighted by Crippen LogP contribution is -2.10. The summed E-state index contributed by atoms with van der Waals surface area (Å²) >= 11 is 6.83. The average Bonchev–Trinajstić information content (AvgIpc) is 2.66. The van der Waals surface area contributed by atoms with Gasteiger partial charge in [-0.25, -0.2) is 9.37 Å². The molecule has 142 valence electrons. The van der Waals surface area contributed by atoms with Gasteiger partial charge in [0.2, 0.25) is 0 Å². The topological polar surface area (TPSA) is 36.7 Å². The lowest BCUT2D eigenvalue weighted by atomic mass is 10.1. The van der Waals surface area contributed by atoms with E-state index in [0.717, 1.165) is 17.8 Å². The molecule has 1 aromatic heterocycles. The summed E-state index contributed by atoms with van der Waals surface area (Å²) in [6, 6.07) is 14.3. The first-order chi connectivity index (χ1) is 13.3. The van der Waals surface area contributed by atoms with Gasteiger partial charge in [-0.05, 0) is 35.9 Å². The van der Waals surface area contributed by atoms with Gasteiger partial charge in [0, 0.05) is 16.3 Å². The normalized spacial score (nSPS) is 11.3. The van der Waals surface area contributed by atoms with E-state index in [4.69, 9.17) is 11.6 Å². The minimum atomic E-state index is -4.71. The zero-order valence-corrected chi connectivity index (χ0v) is 15.7. The van der Waals surface area contributed by atoms with Crippen LogP contribution in [0.1, 0.15) is 16.7 Å². The van der Waals surface area contributed by atoms with Gasteiger partial charge in [0.1, 0.15) is 16.9 Å². The van der Waals surface area contributed by atoms with Crippen molar-refractivity contribution < 1.29 is 17.6 Å². The lowest BCUT2D eigenvalue weighted by molar-refractivity contribution is -0.138. The first-order valence-electron chi connectivity index (χ1n) is 7.93. The molecule has 2 aromatic carbocycles. The third-order valence-corrected chi connectivity index (χ3v) is 5.13. The van der Waals surface area contributed by atoms with Crippen molar-refractivity contribution in [1.82, 2.24) is 4.98 Å². The number of hydrogen-bond donors (Lipinski definition) is 0. The molecule has 0 bridgehead atoms. The summed E-state index contributed by atoms with van der Waals surface area (Å²) < 4.78 is 53.6. The number of halogens is 5. The van der Waals surface area contributed by atoms with Gasteiger partial charge in [-0.3, -0.25) is 0 Å². The summed E-state index contributed by atoms with van der Waals surface area (Å²) in [6.07, 6.45) is -4.71. The van der Waals surface area contributed by atoms with Gasteiger partial charge >= 0.3 is 6.18 Å². The van der Waals surface area contributed by atoms with E-state index in [1.807, 2.05) is 0 Å². The van der Waals surface area contributed by atoms with Gasteiger partial charge in [-0.1, -0.05) is 35.9 Å². The van der Waals surface area contributed by atoms with Crippen LogP contribution >= 0.6 is 23.4 Å². The van der Waals surface area contributed by atoms with E-state index in [1.54, 1.807) is 30.3 Å². The third-order valence-electron chi connectivity index (χ3n) is 3.83. The quantitative estimate of drug-likeness (QED) is 0.345. The Bertz CT molecular complexity index is 1030. The predicted molar refractivity (Wildman–Crippen MR) is 100 cm³/mol. The molecule has 1 heterocycles. The Morgan fingerprint density at radius 1 is 1.04 bits per heavy atom. The monoisotopic (exact) mass is 422 g/mol. The Labute approximate surface area is 167 Å². The number of rotatable bonds is 4. The van der Waals surface area contributed by atoms with Crippen LogP contribution in [-0.4, -0.2) is 4.98 Å². The summed E-state index contributed by atoms with van der Waals surface area (Å²) in [5, 5.41) is 9.73. The number of nitrogens with zero attached hydrogens (tertiary/aromatic N) is 2. The Balaban J connectivity index is 2.05. The molecule has 0 N–H and O–H groups in total. The molecule has 0 saturated carbocycles. The highest BCUT2D eigenvalue weighted by atomic mass is 35.5. The van der Waals surface area contributed by atoms with E-state index in [9.17, 15) is 22.8 Å². The Hall–Kier alpha value is -2.56. The molecule has 0 aliphatic carbocycles. The molecule has 0 aliphatic heterocycles. The summed E-state index contributed by atoms with van der Waals surface area (Å²) in [6.45, 7) is 0.